The molecule has 0 aliphatic carbocycles. The third-order valence-corrected chi connectivity index (χ3v) is 2.63. The van der Waals surface area contributed by atoms with Gasteiger partial charge in [0.05, 0.1) is 31.5 Å². The molecule has 0 spiro atoms. The molecule has 2 rings (SSSR count). The Morgan fingerprint density at radius 1 is 0.360 bits per heavy atom. The van der Waals surface area contributed by atoms with Crippen LogP contribution in [0.25, 0.3) is 0 Å². The van der Waals surface area contributed by atoms with Crippen molar-refractivity contribution in [3.05, 3.63) is 0 Å². The topological polar surface area (TPSA) is 207 Å². The maximum atomic E-state index is 8.73. The Morgan fingerprint density at radius 3 is 0.560 bits per heavy atom. The van der Waals surface area contributed by atoms with Gasteiger partial charge in [-0.05, 0) is 25.7 Å². The van der Waals surface area contributed by atoms with Gasteiger partial charge in [-0.25, -0.2) is 0 Å². The summed E-state index contributed by atoms with van der Waals surface area (Å²) in [6, 6.07) is 0. The molecule has 2 fully saturated rings. The molecule has 2 aliphatic rings. The van der Waals surface area contributed by atoms with Crippen molar-refractivity contribution in [1.29, 1.82) is 0 Å². The summed E-state index contributed by atoms with van der Waals surface area (Å²) in [5, 5.41) is 70.1. The SMILES string of the molecule is C.C.C.C.C.C.C.C.C.C.C.C.C.C.C.C.C.C.C.C.OCCC(O)CCO.OCCC1CO1.OCCC1CO1.OCO.OCO.[Y].[Y].[Y].[Y]. The third-order valence-electron chi connectivity index (χ3n) is 2.63. The first-order chi connectivity index (χ1) is 12.5. The summed E-state index contributed by atoms with van der Waals surface area (Å²) in [7, 11) is 0. The van der Waals surface area contributed by atoms with Crippen molar-refractivity contribution in [2.45, 2.75) is 193 Å². The van der Waals surface area contributed by atoms with Crippen LogP contribution in [0.15, 0.2) is 0 Å². The van der Waals surface area contributed by atoms with Crippen molar-refractivity contribution in [2.24, 2.45) is 0 Å². The molecule has 11 nitrogen and oxygen atoms in total. The second kappa shape index (κ2) is 197. The molecule has 4 radical (unpaired) electrons. The fourth-order valence-electron chi connectivity index (χ4n) is 1.20. The van der Waals surface area contributed by atoms with Crippen LogP contribution in [0.1, 0.15) is 174 Å². The molecule has 0 aromatic carbocycles. The summed E-state index contributed by atoms with van der Waals surface area (Å²) in [6.45, 7) is 0.735. The first kappa shape index (κ1) is 208. The number of hydrogen-bond donors (Lipinski definition) is 9. The van der Waals surface area contributed by atoms with Gasteiger partial charge >= 0.3 is 0 Å². The fourth-order valence-corrected chi connectivity index (χ4v) is 1.20. The van der Waals surface area contributed by atoms with Gasteiger partial charge in [0.1, 0.15) is 13.6 Å². The van der Waals surface area contributed by atoms with Crippen molar-refractivity contribution >= 4 is 0 Å². The molecule has 2 atom stereocenters. The third kappa shape index (κ3) is 280. The molecule has 0 saturated carbocycles. The Balaban J connectivity index is -0.00000000483. The number of aliphatic hydroxyl groups excluding tert-OH is 7. The molecule has 0 aromatic rings. The number of aliphatic hydroxyl groups is 9. The molecule has 50 heavy (non-hydrogen) atoms. The van der Waals surface area contributed by atoms with Crippen LogP contribution in [-0.4, -0.2) is 117 Å². The van der Waals surface area contributed by atoms with Gasteiger partial charge in [0.2, 0.25) is 0 Å². The van der Waals surface area contributed by atoms with Crippen LogP contribution < -0.4 is 0 Å². The standard InChI is InChI=1S/C5H12O3.2C4H8O2.2CH4O2.20CH4.4Y/c6-3-1-5(8)2-4-7;2*5-2-1-4-3-6-4;2*2-1-3;;;;;;;;;;;;;;;;;;;;;;;;/h5-8H,1-4H2;2*4-5H,1-3H2;2*2-3H,1H2;20*1H4;;;;. The molecular weight excluding hydrogens is 952 g/mol. The van der Waals surface area contributed by atoms with E-state index < -0.39 is 19.7 Å². The molecule has 2 saturated heterocycles. The zero-order valence-electron chi connectivity index (χ0n) is 17.4. The number of hydrogen-bond acceptors (Lipinski definition) is 11. The van der Waals surface area contributed by atoms with Crippen LogP contribution in [0.4, 0.5) is 0 Å². The summed E-state index contributed by atoms with van der Waals surface area (Å²) in [4.78, 5) is 0. The maximum absolute atomic E-state index is 8.73. The average molecular weight is 1070 g/mol. The molecule has 2 unspecified atom stereocenters. The Bertz CT molecular complexity index is 235. The van der Waals surface area contributed by atoms with Gasteiger partial charge in [0.15, 0.2) is 0 Å². The molecule has 0 aromatic heterocycles. The molecule has 15 heteroatoms. The first-order valence-electron chi connectivity index (χ1n) is 8.29. The van der Waals surface area contributed by atoms with Crippen molar-refractivity contribution in [2.75, 3.05) is 53.2 Å². The van der Waals surface area contributed by atoms with Crippen LogP contribution in [0.5, 0.6) is 0 Å². The predicted molar refractivity (Wildman–Crippen MR) is 226 cm³/mol. The minimum Gasteiger partial charge on any atom is -0.396 e. The maximum Gasteiger partial charge on any atom is 0.140 e. The molecule has 2 aliphatic heterocycles. The van der Waals surface area contributed by atoms with E-state index in [9.17, 15) is 0 Å². The van der Waals surface area contributed by atoms with Crippen molar-refractivity contribution < 1.29 is 186 Å². The quantitative estimate of drug-likeness (QED) is 0.0828. The van der Waals surface area contributed by atoms with E-state index in [0.29, 0.717) is 25.0 Å². The van der Waals surface area contributed by atoms with E-state index in [4.69, 9.17) is 55.4 Å². The summed E-state index contributed by atoms with van der Waals surface area (Å²) >= 11 is 0. The normalized spacial score (nSPS) is 9.72. The van der Waals surface area contributed by atoms with E-state index in [1.807, 2.05) is 0 Å². The van der Waals surface area contributed by atoms with E-state index in [1.165, 1.54) is 0 Å². The van der Waals surface area contributed by atoms with Crippen LogP contribution in [0, 0.1) is 0 Å². The van der Waals surface area contributed by atoms with E-state index >= 15 is 0 Å². The Labute approximate surface area is 426 Å². The fraction of sp³-hybridized carbons (Fsp3) is 1.00. The van der Waals surface area contributed by atoms with Crippen LogP contribution in [0.3, 0.4) is 0 Å². The molecule has 2 heterocycles. The van der Waals surface area contributed by atoms with Gasteiger partial charge < -0.3 is 55.4 Å². The van der Waals surface area contributed by atoms with Gasteiger partial charge in [-0.15, -0.1) is 0 Å². The minimum absolute atomic E-state index is 0. The summed E-state index contributed by atoms with van der Waals surface area (Å²) in [5.74, 6) is 0. The van der Waals surface area contributed by atoms with Crippen LogP contribution >= 0.6 is 0 Å². The second-order valence-corrected chi connectivity index (χ2v) is 4.90. The monoisotopic (exact) mass is 1070 g/mol. The Kier molecular flexibility index (Phi) is 819. The van der Waals surface area contributed by atoms with Crippen molar-refractivity contribution in [3.8, 4) is 0 Å². The zero-order chi connectivity index (χ0) is 20.6. The van der Waals surface area contributed by atoms with Crippen molar-refractivity contribution in [1.82, 2.24) is 0 Å². The molecule has 0 bridgehead atoms. The van der Waals surface area contributed by atoms with Crippen LogP contribution in [0.2, 0.25) is 0 Å². The summed E-state index contributed by atoms with van der Waals surface area (Å²) in [5.41, 5.74) is 0. The Morgan fingerprint density at radius 2 is 0.500 bits per heavy atom. The number of ether oxygens (including phenoxy) is 2. The second-order valence-electron chi connectivity index (χ2n) is 4.90. The summed E-state index contributed by atoms with van der Waals surface area (Å²) < 4.78 is 9.58. The minimum atomic E-state index is -0.750. The van der Waals surface area contributed by atoms with Gasteiger partial charge in [0.25, 0.3) is 0 Å². The smallest absolute Gasteiger partial charge is 0.140 e. The average Bonchev–Trinajstić information content (AvgIpc) is 3.48. The van der Waals surface area contributed by atoms with Gasteiger partial charge in [-0.2, -0.15) is 0 Å². The first-order valence-corrected chi connectivity index (χ1v) is 8.29. The predicted octanol–water partition coefficient (Wildman–Crippen LogP) is 9.22. The molecule has 9 N–H and O–H groups in total. The largest absolute Gasteiger partial charge is 0.396 e. The van der Waals surface area contributed by atoms with E-state index in [1.54, 1.807) is 0 Å². The Hall–Kier alpha value is 3.98. The number of epoxide rings is 2. The van der Waals surface area contributed by atoms with Crippen LogP contribution in [-0.2, 0) is 140 Å². The van der Waals surface area contributed by atoms with Gasteiger partial charge in [-0.3, -0.25) is 0 Å². The molecule has 0 amide bonds. The number of rotatable bonds is 8. The van der Waals surface area contributed by atoms with Gasteiger partial charge in [-0.1, -0.05) is 149 Å². The van der Waals surface area contributed by atoms with E-state index in [-0.39, 0.29) is 306 Å². The molecule has 334 valence electrons. The zero-order valence-corrected chi connectivity index (χ0v) is 28.7. The van der Waals surface area contributed by atoms with E-state index in [2.05, 4.69) is 0 Å². The van der Waals surface area contributed by atoms with E-state index in [0.717, 1.165) is 26.1 Å². The van der Waals surface area contributed by atoms with Gasteiger partial charge in [0, 0.05) is 157 Å². The molecular formula is C35H116O11Y4. The summed E-state index contributed by atoms with van der Waals surface area (Å²) in [6.07, 6.45) is 2.62. The van der Waals surface area contributed by atoms with Crippen molar-refractivity contribution in [3.63, 3.8) is 0 Å².